The summed E-state index contributed by atoms with van der Waals surface area (Å²) in [5.74, 6) is 0.0524. The van der Waals surface area contributed by atoms with Crippen LogP contribution >= 0.6 is 0 Å². The van der Waals surface area contributed by atoms with Crippen molar-refractivity contribution < 1.29 is 5.11 Å². The van der Waals surface area contributed by atoms with E-state index in [1.807, 2.05) is 0 Å². The number of aromatic hydroxyl groups is 1. The molecular formula is C16H27N3O2. The van der Waals surface area contributed by atoms with Crippen molar-refractivity contribution >= 4 is 0 Å². The first-order valence-electron chi connectivity index (χ1n) is 8.48. The van der Waals surface area contributed by atoms with Gasteiger partial charge in [0.05, 0.1) is 12.9 Å². The zero-order valence-corrected chi connectivity index (χ0v) is 12.8. The summed E-state index contributed by atoms with van der Waals surface area (Å²) < 4.78 is 1.48. The Bertz CT molecular complexity index is 478. The third-order valence-corrected chi connectivity index (χ3v) is 5.24. The van der Waals surface area contributed by atoms with Gasteiger partial charge in [0.25, 0.3) is 0 Å². The second-order valence-corrected chi connectivity index (χ2v) is 6.62. The number of imidazole rings is 1. The van der Waals surface area contributed by atoms with Gasteiger partial charge in [-0.05, 0) is 25.7 Å². The number of nitrogens with one attached hydrogen (secondary N) is 1. The molecule has 1 aromatic rings. The van der Waals surface area contributed by atoms with Crippen molar-refractivity contribution in [1.82, 2.24) is 14.5 Å². The number of aromatic amines is 1. The van der Waals surface area contributed by atoms with E-state index in [4.69, 9.17) is 0 Å². The summed E-state index contributed by atoms with van der Waals surface area (Å²) in [5.41, 5.74) is -0.205. The minimum absolute atomic E-state index is 0.0524. The highest BCUT2D eigenvalue weighted by atomic mass is 16.3. The molecule has 2 aliphatic rings. The maximum absolute atomic E-state index is 11.9. The van der Waals surface area contributed by atoms with Crippen LogP contribution in [-0.4, -0.2) is 31.6 Å². The number of H-pyrrole nitrogens is 1. The van der Waals surface area contributed by atoms with Gasteiger partial charge in [0.1, 0.15) is 0 Å². The summed E-state index contributed by atoms with van der Waals surface area (Å²) in [7, 11) is 0. The first kappa shape index (κ1) is 14.7. The van der Waals surface area contributed by atoms with Crippen LogP contribution in [0.1, 0.15) is 64.2 Å². The molecule has 2 aliphatic carbocycles. The van der Waals surface area contributed by atoms with Gasteiger partial charge < -0.3 is 10.1 Å². The Kier molecular flexibility index (Phi) is 4.68. The predicted molar refractivity (Wildman–Crippen MR) is 82.3 cm³/mol. The van der Waals surface area contributed by atoms with Gasteiger partial charge in [-0.2, -0.15) is 0 Å². The summed E-state index contributed by atoms with van der Waals surface area (Å²) in [5, 5.41) is 9.88. The third kappa shape index (κ3) is 3.34. The fourth-order valence-corrected chi connectivity index (χ4v) is 4.04. The third-order valence-electron chi connectivity index (χ3n) is 5.24. The molecule has 0 aromatic carbocycles. The molecule has 2 N–H and O–H groups in total. The van der Waals surface area contributed by atoms with E-state index in [0.717, 1.165) is 0 Å². The van der Waals surface area contributed by atoms with E-state index in [1.165, 1.54) is 75.0 Å². The Morgan fingerprint density at radius 3 is 2.00 bits per heavy atom. The number of aromatic nitrogens is 2. The maximum Gasteiger partial charge on any atom is 0.329 e. The quantitative estimate of drug-likeness (QED) is 0.897. The normalized spacial score (nSPS) is 22.0. The lowest BCUT2D eigenvalue weighted by atomic mass is 9.89. The van der Waals surface area contributed by atoms with Gasteiger partial charge in [0.2, 0.25) is 5.88 Å². The van der Waals surface area contributed by atoms with Crippen molar-refractivity contribution in [2.24, 2.45) is 0 Å². The monoisotopic (exact) mass is 293 g/mol. The zero-order chi connectivity index (χ0) is 14.7. The topological polar surface area (TPSA) is 61.3 Å². The number of hydrogen-bond acceptors (Lipinski definition) is 3. The molecule has 0 spiro atoms. The van der Waals surface area contributed by atoms with E-state index in [-0.39, 0.29) is 11.6 Å². The molecule has 0 radical (unpaired) electrons. The highest BCUT2D eigenvalue weighted by Crippen LogP contribution is 2.30. The van der Waals surface area contributed by atoms with E-state index in [0.29, 0.717) is 18.8 Å². The van der Waals surface area contributed by atoms with Gasteiger partial charge in [-0.15, -0.1) is 0 Å². The molecular weight excluding hydrogens is 266 g/mol. The molecule has 2 fully saturated rings. The van der Waals surface area contributed by atoms with Crippen molar-refractivity contribution in [2.75, 3.05) is 0 Å². The van der Waals surface area contributed by atoms with Crippen LogP contribution in [0.4, 0.5) is 0 Å². The SMILES string of the molecule is O=c1[nH]cc(O)n1CN(C1CCCCC1)C1CCCCC1. The molecule has 1 heterocycles. The van der Waals surface area contributed by atoms with Crippen molar-refractivity contribution in [3.63, 3.8) is 0 Å². The molecule has 3 rings (SSSR count). The Morgan fingerprint density at radius 1 is 1.05 bits per heavy atom. The Labute approximate surface area is 126 Å². The van der Waals surface area contributed by atoms with Gasteiger partial charge in [-0.3, -0.25) is 4.90 Å². The number of nitrogens with zero attached hydrogens (tertiary/aromatic N) is 2. The molecule has 1 aromatic heterocycles. The average Bonchev–Trinajstić information content (AvgIpc) is 2.85. The van der Waals surface area contributed by atoms with Gasteiger partial charge >= 0.3 is 5.69 Å². The molecule has 0 saturated heterocycles. The fraction of sp³-hybridized carbons (Fsp3) is 0.812. The van der Waals surface area contributed by atoms with Crippen molar-refractivity contribution in [3.05, 3.63) is 16.7 Å². The van der Waals surface area contributed by atoms with Crippen LogP contribution in [0.15, 0.2) is 11.0 Å². The van der Waals surface area contributed by atoms with Crippen LogP contribution in [-0.2, 0) is 6.67 Å². The summed E-state index contributed by atoms with van der Waals surface area (Å²) in [6.45, 7) is 0.531. The first-order valence-corrected chi connectivity index (χ1v) is 8.48. The van der Waals surface area contributed by atoms with Crippen LogP contribution < -0.4 is 5.69 Å². The molecule has 5 heteroatoms. The maximum atomic E-state index is 11.9. The Balaban J connectivity index is 1.79. The lowest BCUT2D eigenvalue weighted by Crippen LogP contribution is -2.47. The molecule has 5 nitrogen and oxygen atoms in total. The highest BCUT2D eigenvalue weighted by Gasteiger charge is 2.29. The van der Waals surface area contributed by atoms with Crippen LogP contribution in [0, 0.1) is 0 Å². The minimum atomic E-state index is -0.205. The van der Waals surface area contributed by atoms with Crippen LogP contribution in [0.2, 0.25) is 0 Å². The summed E-state index contributed by atoms with van der Waals surface area (Å²) in [6.07, 6.45) is 14.2. The zero-order valence-electron chi connectivity index (χ0n) is 12.8. The smallest absolute Gasteiger partial charge is 0.329 e. The summed E-state index contributed by atoms with van der Waals surface area (Å²) in [6, 6.07) is 1.14. The van der Waals surface area contributed by atoms with Crippen molar-refractivity contribution in [1.29, 1.82) is 0 Å². The van der Waals surface area contributed by atoms with Crippen LogP contribution in [0.5, 0.6) is 5.88 Å². The van der Waals surface area contributed by atoms with E-state index >= 15 is 0 Å². The first-order chi connectivity index (χ1) is 10.3. The molecule has 0 amide bonds. The second-order valence-electron chi connectivity index (χ2n) is 6.62. The lowest BCUT2D eigenvalue weighted by Gasteiger charge is -2.41. The standard InChI is InChI=1S/C16H27N3O2/c20-15-11-17-16(21)19(15)12-18(13-7-3-1-4-8-13)14-9-5-2-6-10-14/h11,13-14,20H,1-10,12H2,(H,17,21). The fourth-order valence-electron chi connectivity index (χ4n) is 4.04. The van der Waals surface area contributed by atoms with Crippen LogP contribution in [0.25, 0.3) is 0 Å². The Hall–Kier alpha value is -1.23. The van der Waals surface area contributed by atoms with Gasteiger partial charge in [0.15, 0.2) is 0 Å². The Morgan fingerprint density at radius 2 is 1.57 bits per heavy atom. The number of rotatable bonds is 4. The molecule has 0 aliphatic heterocycles. The van der Waals surface area contributed by atoms with Crippen LogP contribution in [0.3, 0.4) is 0 Å². The second kappa shape index (κ2) is 6.69. The van der Waals surface area contributed by atoms with Crippen molar-refractivity contribution in [2.45, 2.75) is 83.0 Å². The van der Waals surface area contributed by atoms with E-state index in [2.05, 4.69) is 9.88 Å². The van der Waals surface area contributed by atoms with E-state index < -0.39 is 0 Å². The average molecular weight is 293 g/mol. The van der Waals surface area contributed by atoms with Crippen molar-refractivity contribution in [3.8, 4) is 5.88 Å². The van der Waals surface area contributed by atoms with Gasteiger partial charge in [-0.25, -0.2) is 9.36 Å². The lowest BCUT2D eigenvalue weighted by molar-refractivity contribution is 0.0467. The highest BCUT2D eigenvalue weighted by molar-refractivity contribution is 5.03. The molecule has 21 heavy (non-hydrogen) atoms. The summed E-state index contributed by atoms with van der Waals surface area (Å²) >= 11 is 0. The predicted octanol–water partition coefficient (Wildman–Crippen LogP) is 2.81. The molecule has 2 saturated carbocycles. The van der Waals surface area contributed by atoms with Gasteiger partial charge in [-0.1, -0.05) is 38.5 Å². The van der Waals surface area contributed by atoms with E-state index in [9.17, 15) is 9.90 Å². The molecule has 0 atom stereocenters. The minimum Gasteiger partial charge on any atom is -0.493 e. The van der Waals surface area contributed by atoms with Gasteiger partial charge in [0, 0.05) is 12.1 Å². The van der Waals surface area contributed by atoms with E-state index in [1.54, 1.807) is 0 Å². The molecule has 0 bridgehead atoms. The molecule has 0 unspecified atom stereocenters. The summed E-state index contributed by atoms with van der Waals surface area (Å²) in [4.78, 5) is 16.9. The largest absolute Gasteiger partial charge is 0.493 e. The number of hydrogen-bond donors (Lipinski definition) is 2. The molecule has 118 valence electrons.